The number of ether oxygens (including phenoxy) is 1. The van der Waals surface area contributed by atoms with Gasteiger partial charge in [0.15, 0.2) is 11.4 Å². The molecular weight excluding hydrogens is 542 g/mol. The molecule has 3 N–H and O–H groups in total. The smallest absolute Gasteiger partial charge is 0.411 e. The molecule has 1 saturated heterocycles. The summed E-state index contributed by atoms with van der Waals surface area (Å²) in [6, 6.07) is 3.94. The highest BCUT2D eigenvalue weighted by Crippen LogP contribution is 2.45. The molecule has 1 aromatic carbocycles. The van der Waals surface area contributed by atoms with Crippen LogP contribution in [0.1, 0.15) is 35.3 Å². The minimum absolute atomic E-state index is 0.0993. The Bertz CT molecular complexity index is 1330. The Balaban J connectivity index is 1.26. The van der Waals surface area contributed by atoms with E-state index >= 15 is 0 Å². The van der Waals surface area contributed by atoms with Gasteiger partial charge in [-0.15, -0.1) is 0 Å². The molecule has 2 aromatic rings. The number of likely N-dealkylation sites (tertiary alicyclic amines) is 1. The molecule has 2 aliphatic heterocycles. The van der Waals surface area contributed by atoms with Gasteiger partial charge in [0, 0.05) is 44.0 Å². The van der Waals surface area contributed by atoms with Crippen LogP contribution < -0.4 is 20.1 Å². The van der Waals surface area contributed by atoms with Crippen LogP contribution in [0.3, 0.4) is 0 Å². The molecular formula is C25H27F4N5O4S. The Hall–Kier alpha value is -3.26. The van der Waals surface area contributed by atoms with Gasteiger partial charge in [0.1, 0.15) is 11.4 Å². The summed E-state index contributed by atoms with van der Waals surface area (Å²) in [6.45, 7) is 1.91. The minimum atomic E-state index is -4.63. The van der Waals surface area contributed by atoms with Crippen molar-refractivity contribution >= 4 is 35.4 Å². The molecule has 14 heteroatoms. The number of hydrogen-bond acceptors (Lipinski definition) is 6. The van der Waals surface area contributed by atoms with E-state index in [1.165, 1.54) is 35.0 Å². The van der Waals surface area contributed by atoms with Crippen LogP contribution in [0.4, 0.5) is 23.2 Å². The largest absolute Gasteiger partial charge is 0.489 e. The second kappa shape index (κ2) is 10.0. The third kappa shape index (κ3) is 5.07. The van der Waals surface area contributed by atoms with Crippen LogP contribution >= 0.6 is 11.9 Å². The van der Waals surface area contributed by atoms with Crippen molar-refractivity contribution < 1.29 is 36.7 Å². The number of aromatic nitrogens is 1. The van der Waals surface area contributed by atoms with Crippen molar-refractivity contribution in [1.82, 2.24) is 19.5 Å². The number of halogens is 4. The van der Waals surface area contributed by atoms with E-state index in [0.717, 1.165) is 0 Å². The number of fused-ring (bicyclic) bond motifs is 2. The van der Waals surface area contributed by atoms with Gasteiger partial charge in [-0.1, -0.05) is 0 Å². The van der Waals surface area contributed by atoms with E-state index < -0.39 is 29.4 Å². The lowest BCUT2D eigenvalue weighted by atomic mass is 9.76. The Morgan fingerprint density at radius 1 is 1.21 bits per heavy atom. The van der Waals surface area contributed by atoms with Gasteiger partial charge in [-0.05, 0) is 61.9 Å². The highest BCUT2D eigenvalue weighted by molar-refractivity contribution is 7.97. The summed E-state index contributed by atoms with van der Waals surface area (Å²) in [5.41, 5.74) is -1.30. The van der Waals surface area contributed by atoms with Crippen molar-refractivity contribution in [1.29, 1.82) is 0 Å². The number of hydrogen-bond donors (Lipinski definition) is 3. The van der Waals surface area contributed by atoms with Crippen LogP contribution in [0.15, 0.2) is 29.3 Å². The molecule has 2 atom stereocenters. The highest BCUT2D eigenvalue weighted by Gasteiger charge is 2.60. The van der Waals surface area contributed by atoms with Crippen molar-refractivity contribution in [2.75, 3.05) is 25.0 Å². The van der Waals surface area contributed by atoms with Gasteiger partial charge in [0.2, 0.25) is 0 Å². The number of rotatable bonds is 3. The number of nitrogens with one attached hydrogen (secondary N) is 3. The van der Waals surface area contributed by atoms with Crippen LogP contribution in [0.2, 0.25) is 0 Å². The predicted molar refractivity (Wildman–Crippen MR) is 134 cm³/mol. The molecule has 0 bridgehead atoms. The Kier molecular flexibility index (Phi) is 7.04. The Morgan fingerprint density at radius 3 is 2.59 bits per heavy atom. The molecule has 5 rings (SSSR count). The summed E-state index contributed by atoms with van der Waals surface area (Å²) in [6.07, 6.45) is -3.10. The van der Waals surface area contributed by atoms with Crippen LogP contribution in [0, 0.1) is 18.7 Å². The van der Waals surface area contributed by atoms with Gasteiger partial charge in [0.05, 0.1) is 11.5 Å². The fraction of sp³-hybridized carbons (Fsp3) is 0.480. The molecule has 0 spiro atoms. The van der Waals surface area contributed by atoms with Gasteiger partial charge >= 0.3 is 18.0 Å². The first-order valence-corrected chi connectivity index (χ1v) is 13.2. The molecule has 3 heterocycles. The molecule has 3 amide bonds. The summed E-state index contributed by atoms with van der Waals surface area (Å²) in [5, 5.41) is 4.68. The van der Waals surface area contributed by atoms with Crippen LogP contribution in [-0.2, 0) is 16.6 Å². The van der Waals surface area contributed by atoms with E-state index in [9.17, 15) is 31.9 Å². The quantitative estimate of drug-likeness (QED) is 0.298. The second-order valence-electron chi connectivity index (χ2n) is 10.2. The van der Waals surface area contributed by atoms with Crippen molar-refractivity contribution in [3.8, 4) is 5.75 Å². The Morgan fingerprint density at radius 2 is 1.95 bits per heavy atom. The molecule has 39 heavy (non-hydrogen) atoms. The van der Waals surface area contributed by atoms with Gasteiger partial charge in [0.25, 0.3) is 5.91 Å². The van der Waals surface area contributed by atoms with Crippen molar-refractivity contribution in [3.63, 3.8) is 0 Å². The molecule has 2 fully saturated rings. The Labute approximate surface area is 225 Å². The molecule has 210 valence electrons. The average molecular weight is 570 g/mol. The number of nitrogens with zero attached hydrogens (tertiary/aromatic N) is 2. The number of carbonyl (C=O) groups excluding carboxylic acids is 3. The number of anilines is 1. The van der Waals surface area contributed by atoms with Crippen molar-refractivity contribution in [2.45, 2.75) is 48.8 Å². The predicted octanol–water partition coefficient (Wildman–Crippen LogP) is 3.14. The minimum Gasteiger partial charge on any atom is -0.489 e. The zero-order chi connectivity index (χ0) is 28.1. The SMILES string of the molecule is Cc1cc(NC(=O)c2c3c(cn2C)SN[C@H]2CN(C(=O)C(=O)NC4(C(F)(F)F)CCC4)C[C@H]2CO3)ccc1F. The van der Waals surface area contributed by atoms with E-state index in [1.807, 2.05) is 5.32 Å². The maximum atomic E-state index is 13.6. The fourth-order valence-electron chi connectivity index (χ4n) is 5.06. The fourth-order valence-corrected chi connectivity index (χ4v) is 6.06. The number of amides is 3. The van der Waals surface area contributed by atoms with Crippen molar-refractivity contribution in [2.24, 2.45) is 13.0 Å². The van der Waals surface area contributed by atoms with Gasteiger partial charge in [-0.2, -0.15) is 13.2 Å². The summed E-state index contributed by atoms with van der Waals surface area (Å²) >= 11 is 1.20. The third-order valence-electron chi connectivity index (χ3n) is 7.52. The third-order valence-corrected chi connectivity index (χ3v) is 8.45. The summed E-state index contributed by atoms with van der Waals surface area (Å²) in [4.78, 5) is 40.2. The lowest BCUT2D eigenvalue weighted by molar-refractivity contribution is -0.219. The zero-order valence-electron chi connectivity index (χ0n) is 21.2. The maximum Gasteiger partial charge on any atom is 0.411 e. The number of benzene rings is 1. The van der Waals surface area contributed by atoms with E-state index in [2.05, 4.69) is 10.0 Å². The number of alkyl halides is 3. The number of carbonyl (C=O) groups is 3. The lowest BCUT2D eigenvalue weighted by Crippen LogP contribution is -2.65. The molecule has 1 aromatic heterocycles. The molecule has 9 nitrogen and oxygen atoms in total. The molecule has 0 unspecified atom stereocenters. The lowest BCUT2D eigenvalue weighted by Gasteiger charge is -2.43. The summed E-state index contributed by atoms with van der Waals surface area (Å²) in [7, 11) is 1.69. The topological polar surface area (TPSA) is 105 Å². The highest BCUT2D eigenvalue weighted by atomic mass is 32.2. The van der Waals surface area contributed by atoms with Crippen LogP contribution in [0.5, 0.6) is 5.75 Å². The first-order valence-electron chi connectivity index (χ1n) is 12.4. The van der Waals surface area contributed by atoms with Gasteiger partial charge in [-0.25, -0.2) is 4.39 Å². The number of aryl methyl sites for hydroxylation is 2. The second-order valence-corrected chi connectivity index (χ2v) is 11.1. The van der Waals surface area contributed by atoms with Crippen LogP contribution in [0.25, 0.3) is 0 Å². The molecule has 0 radical (unpaired) electrons. The van der Waals surface area contributed by atoms with Crippen LogP contribution in [-0.4, -0.2) is 64.6 Å². The van der Waals surface area contributed by atoms with Crippen molar-refractivity contribution in [3.05, 3.63) is 41.5 Å². The van der Waals surface area contributed by atoms with E-state index in [0.29, 0.717) is 28.3 Å². The maximum absolute atomic E-state index is 13.6. The molecule has 3 aliphatic rings. The van der Waals surface area contributed by atoms with E-state index in [4.69, 9.17) is 4.74 Å². The molecule has 1 aliphatic carbocycles. The summed E-state index contributed by atoms with van der Waals surface area (Å²) in [5.74, 6) is -3.09. The summed E-state index contributed by atoms with van der Waals surface area (Å²) < 4.78 is 64.9. The standard InChI is InChI=1S/C25H27F4N5O4S/c1-13-8-15(4-5-16(13)26)30-21(35)19-20-18(11-33(19)2)39-32-17-10-34(9-14(17)12-38-20)23(37)22(36)31-24(6-3-7-24)25(27,28)29/h4-5,8,11,14,17,32H,3,6-7,9-10,12H2,1-2H3,(H,30,35)(H,31,36)/t14-,17-/m0/s1. The monoisotopic (exact) mass is 569 g/mol. The first kappa shape index (κ1) is 27.3. The average Bonchev–Trinajstić information content (AvgIpc) is 3.37. The first-order chi connectivity index (χ1) is 18.4. The van der Waals surface area contributed by atoms with Gasteiger partial charge in [-0.3, -0.25) is 19.1 Å². The molecule has 1 saturated carbocycles. The zero-order valence-corrected chi connectivity index (χ0v) is 22.0. The van der Waals surface area contributed by atoms with Gasteiger partial charge < -0.3 is 24.8 Å². The normalized spacial score (nSPS) is 21.9. The van der Waals surface area contributed by atoms with E-state index in [-0.39, 0.29) is 56.0 Å². The van der Waals surface area contributed by atoms with E-state index in [1.54, 1.807) is 24.7 Å².